The van der Waals surface area contributed by atoms with Crippen LogP contribution in [0.1, 0.15) is 51.2 Å². The van der Waals surface area contributed by atoms with Gasteiger partial charge in [0.15, 0.2) is 0 Å². The summed E-state index contributed by atoms with van der Waals surface area (Å²) >= 11 is 0. The molecule has 33 heavy (non-hydrogen) atoms. The zero-order chi connectivity index (χ0) is 22.9. The number of piperidine rings is 1. The normalized spacial score (nSPS) is 24.6. The number of aromatic amines is 1. The average molecular weight is 454 g/mol. The monoisotopic (exact) mass is 454 g/mol. The second-order valence-corrected chi connectivity index (χ2v) is 9.28. The van der Waals surface area contributed by atoms with Gasteiger partial charge in [0.1, 0.15) is 5.69 Å². The molecule has 1 saturated carbocycles. The molecule has 2 unspecified atom stereocenters. The van der Waals surface area contributed by atoms with Crippen molar-refractivity contribution < 1.29 is 13.6 Å². The van der Waals surface area contributed by atoms with Crippen molar-refractivity contribution in [2.75, 3.05) is 18.0 Å². The molecule has 1 aliphatic heterocycles. The highest BCUT2D eigenvalue weighted by molar-refractivity contribution is 5.92. The van der Waals surface area contributed by atoms with Crippen LogP contribution in [0.25, 0.3) is 0 Å². The molecule has 3 aromatic heterocycles. The molecule has 9 nitrogen and oxygen atoms in total. The molecule has 1 amide bonds. The lowest BCUT2D eigenvalue weighted by molar-refractivity contribution is 0.0795. The molecule has 3 aliphatic rings. The van der Waals surface area contributed by atoms with Crippen molar-refractivity contribution in [3.8, 4) is 0 Å². The van der Waals surface area contributed by atoms with Crippen molar-refractivity contribution >= 4 is 11.9 Å². The van der Waals surface area contributed by atoms with Crippen LogP contribution < -0.4 is 10.2 Å². The minimum absolute atomic E-state index is 0.109. The summed E-state index contributed by atoms with van der Waals surface area (Å²) in [5.74, 6) is -3.39. The highest BCUT2D eigenvalue weighted by Crippen LogP contribution is 2.59. The van der Waals surface area contributed by atoms with Gasteiger partial charge in [0, 0.05) is 42.4 Å². The number of carbonyl (C=O) groups excluding carboxylic acids is 1. The number of rotatable bonds is 5. The number of carbonyl (C=O) groups is 1. The Hall–Kier alpha value is -3.37. The van der Waals surface area contributed by atoms with Crippen molar-refractivity contribution in [3.05, 3.63) is 52.6 Å². The van der Waals surface area contributed by atoms with Gasteiger partial charge in [-0.2, -0.15) is 5.10 Å². The van der Waals surface area contributed by atoms with Gasteiger partial charge in [-0.1, -0.05) is 0 Å². The Morgan fingerprint density at radius 1 is 1.27 bits per heavy atom. The van der Waals surface area contributed by atoms with Crippen molar-refractivity contribution in [3.63, 3.8) is 0 Å². The highest BCUT2D eigenvalue weighted by Gasteiger charge is 2.72. The number of nitrogens with one attached hydrogen (secondary N) is 2. The number of halogens is 2. The molecule has 6 rings (SSSR count). The average Bonchev–Trinajstić information content (AvgIpc) is 3.41. The van der Waals surface area contributed by atoms with E-state index in [-0.39, 0.29) is 11.9 Å². The van der Waals surface area contributed by atoms with Crippen LogP contribution in [0.15, 0.2) is 18.7 Å². The molecule has 0 spiro atoms. The van der Waals surface area contributed by atoms with Crippen LogP contribution in [0, 0.1) is 25.7 Å². The fraction of sp³-hybridized carbons (Fsp3) is 0.500. The SMILES string of the molecule is Cc1nc(N2CC3C(C2)C3(F)F)ncc1Cn1cnc(C(=O)N[C@@H]2CCc3c2n[nH]c3C)c1. The van der Waals surface area contributed by atoms with Crippen molar-refractivity contribution in [1.29, 1.82) is 0 Å². The van der Waals surface area contributed by atoms with Gasteiger partial charge in [0.2, 0.25) is 5.95 Å². The Morgan fingerprint density at radius 2 is 2.06 bits per heavy atom. The van der Waals surface area contributed by atoms with E-state index in [0.717, 1.165) is 35.5 Å². The van der Waals surface area contributed by atoms with E-state index in [1.54, 1.807) is 18.7 Å². The number of aromatic nitrogens is 6. The lowest BCUT2D eigenvalue weighted by Gasteiger charge is -2.20. The molecule has 4 heterocycles. The topological polar surface area (TPSA) is 105 Å². The first-order chi connectivity index (χ1) is 15.8. The molecular weight excluding hydrogens is 430 g/mol. The second-order valence-electron chi connectivity index (χ2n) is 9.28. The summed E-state index contributed by atoms with van der Waals surface area (Å²) < 4.78 is 28.7. The summed E-state index contributed by atoms with van der Waals surface area (Å²) in [5, 5.41) is 10.3. The maximum atomic E-state index is 13.4. The summed E-state index contributed by atoms with van der Waals surface area (Å²) in [6.07, 6.45) is 6.76. The molecule has 2 aliphatic carbocycles. The van der Waals surface area contributed by atoms with Gasteiger partial charge in [-0.25, -0.2) is 23.7 Å². The number of alkyl halides is 2. The number of H-pyrrole nitrogens is 1. The zero-order valence-corrected chi connectivity index (χ0v) is 18.3. The molecule has 3 aromatic rings. The van der Waals surface area contributed by atoms with Crippen molar-refractivity contribution in [2.24, 2.45) is 11.8 Å². The van der Waals surface area contributed by atoms with E-state index >= 15 is 0 Å². The summed E-state index contributed by atoms with van der Waals surface area (Å²) in [7, 11) is 0. The van der Waals surface area contributed by atoms with Crippen LogP contribution in [0.2, 0.25) is 0 Å². The van der Waals surface area contributed by atoms with Gasteiger partial charge in [-0.15, -0.1) is 0 Å². The number of anilines is 1. The molecule has 11 heteroatoms. The van der Waals surface area contributed by atoms with Crippen LogP contribution in [-0.2, 0) is 13.0 Å². The molecule has 2 N–H and O–H groups in total. The Balaban J connectivity index is 1.10. The van der Waals surface area contributed by atoms with E-state index in [4.69, 9.17) is 0 Å². The predicted octanol–water partition coefficient (Wildman–Crippen LogP) is 2.18. The van der Waals surface area contributed by atoms with Crippen LogP contribution >= 0.6 is 0 Å². The molecule has 0 radical (unpaired) electrons. The highest BCUT2D eigenvalue weighted by atomic mass is 19.3. The summed E-state index contributed by atoms with van der Waals surface area (Å²) in [6.45, 7) is 4.93. The predicted molar refractivity (Wildman–Crippen MR) is 114 cm³/mol. The number of imidazole rings is 1. The van der Waals surface area contributed by atoms with Gasteiger partial charge < -0.3 is 14.8 Å². The molecule has 0 aromatic carbocycles. The van der Waals surface area contributed by atoms with Crippen LogP contribution in [-0.4, -0.2) is 54.6 Å². The maximum absolute atomic E-state index is 13.4. The van der Waals surface area contributed by atoms with Gasteiger partial charge >= 0.3 is 0 Å². The third kappa shape index (κ3) is 3.28. The van der Waals surface area contributed by atoms with E-state index in [2.05, 4.69) is 30.5 Å². The number of amides is 1. The smallest absolute Gasteiger partial charge is 0.272 e. The van der Waals surface area contributed by atoms with Gasteiger partial charge in [-0.05, 0) is 32.3 Å². The van der Waals surface area contributed by atoms with E-state index < -0.39 is 17.8 Å². The molecule has 2 fully saturated rings. The third-order valence-electron chi connectivity index (χ3n) is 7.19. The quantitative estimate of drug-likeness (QED) is 0.612. The van der Waals surface area contributed by atoms with E-state index in [0.29, 0.717) is 31.3 Å². The molecule has 0 bridgehead atoms. The molecule has 172 valence electrons. The van der Waals surface area contributed by atoms with Gasteiger partial charge in [0.25, 0.3) is 11.8 Å². The van der Waals surface area contributed by atoms with Crippen LogP contribution in [0.3, 0.4) is 0 Å². The molecule has 1 saturated heterocycles. The molecular formula is C22H24F2N8O. The number of aryl methyl sites for hydroxylation is 2. The fourth-order valence-corrected chi connectivity index (χ4v) is 5.09. The van der Waals surface area contributed by atoms with Gasteiger partial charge in [0.05, 0.1) is 36.4 Å². The van der Waals surface area contributed by atoms with E-state index in [9.17, 15) is 13.6 Å². The minimum Gasteiger partial charge on any atom is -0.342 e. The first kappa shape index (κ1) is 20.3. The van der Waals surface area contributed by atoms with Crippen LogP contribution in [0.5, 0.6) is 0 Å². The molecule has 3 atom stereocenters. The summed E-state index contributed by atoms with van der Waals surface area (Å²) in [4.78, 5) is 27.7. The van der Waals surface area contributed by atoms with E-state index in [1.165, 1.54) is 5.56 Å². The zero-order valence-electron chi connectivity index (χ0n) is 18.3. The Morgan fingerprint density at radius 3 is 2.82 bits per heavy atom. The van der Waals surface area contributed by atoms with Crippen LogP contribution in [0.4, 0.5) is 14.7 Å². The summed E-state index contributed by atoms with van der Waals surface area (Å²) in [5.41, 5.74) is 5.14. The number of fused-ring (bicyclic) bond motifs is 2. The Bertz CT molecular complexity index is 1240. The van der Waals surface area contributed by atoms with Crippen molar-refractivity contribution in [2.45, 2.75) is 45.2 Å². The largest absolute Gasteiger partial charge is 0.342 e. The van der Waals surface area contributed by atoms with Crippen molar-refractivity contribution in [1.82, 2.24) is 35.0 Å². The lowest BCUT2D eigenvalue weighted by Crippen LogP contribution is -2.29. The lowest BCUT2D eigenvalue weighted by atomic mass is 10.2. The minimum atomic E-state index is -2.52. The second kappa shape index (κ2) is 7.06. The number of nitrogens with zero attached hydrogens (tertiary/aromatic N) is 6. The fourth-order valence-electron chi connectivity index (χ4n) is 5.09. The first-order valence-electron chi connectivity index (χ1n) is 11.1. The Kier molecular flexibility index (Phi) is 4.33. The first-order valence-corrected chi connectivity index (χ1v) is 11.1. The summed E-state index contributed by atoms with van der Waals surface area (Å²) in [6, 6.07) is -0.109. The number of hydrogen-bond donors (Lipinski definition) is 2. The maximum Gasteiger partial charge on any atom is 0.272 e. The Labute approximate surface area is 188 Å². The van der Waals surface area contributed by atoms with Gasteiger partial charge in [-0.3, -0.25) is 9.89 Å². The third-order valence-corrected chi connectivity index (χ3v) is 7.19. The number of hydrogen-bond acceptors (Lipinski definition) is 6. The standard InChI is InChI=1S/C22H24F2N8O/c1-11-13(5-25-21(27-11)32-7-15-16(8-32)22(15,23)24)6-31-9-18(26-10-31)20(33)28-17-4-3-14-12(2)29-30-19(14)17/h5,9-10,15-17H,3-4,6-8H2,1-2H3,(H,28,33)(H,29,30)/t15?,16?,17-/m1/s1. The van der Waals surface area contributed by atoms with E-state index in [1.807, 2.05) is 23.3 Å².